The van der Waals surface area contributed by atoms with Gasteiger partial charge in [-0.3, -0.25) is 0 Å². The van der Waals surface area contributed by atoms with E-state index in [0.717, 1.165) is 21.1 Å². The number of fused-ring (bicyclic) bond motifs is 1. The lowest BCUT2D eigenvalue weighted by Crippen LogP contribution is -2.02. The van der Waals surface area contributed by atoms with Gasteiger partial charge in [0, 0.05) is 22.6 Å². The minimum absolute atomic E-state index is 0.322. The molecule has 0 bridgehead atoms. The molecule has 0 saturated carbocycles. The zero-order chi connectivity index (χ0) is 14.1. The molecule has 0 radical (unpaired) electrons. The maximum atomic E-state index is 12.1. The molecule has 0 atom stereocenters. The SMILES string of the molecule is CNc1ccc(-c2cc3cc(Br)ccc3oc2=O)cc1. The van der Waals surface area contributed by atoms with E-state index in [2.05, 4.69) is 21.2 Å². The molecule has 20 heavy (non-hydrogen) atoms. The van der Waals surface area contributed by atoms with Crippen LogP contribution in [0.3, 0.4) is 0 Å². The average Bonchev–Trinajstić information content (AvgIpc) is 2.47. The molecule has 1 N–H and O–H groups in total. The summed E-state index contributed by atoms with van der Waals surface area (Å²) in [6, 6.07) is 15.1. The van der Waals surface area contributed by atoms with Crippen molar-refractivity contribution in [3.8, 4) is 11.1 Å². The van der Waals surface area contributed by atoms with Gasteiger partial charge in [-0.1, -0.05) is 28.1 Å². The molecule has 0 unspecified atom stereocenters. The Kier molecular flexibility index (Phi) is 3.32. The van der Waals surface area contributed by atoms with Crippen LogP contribution in [0, 0.1) is 0 Å². The minimum Gasteiger partial charge on any atom is -0.422 e. The molecule has 2 aromatic carbocycles. The van der Waals surface area contributed by atoms with Gasteiger partial charge in [0.25, 0.3) is 0 Å². The van der Waals surface area contributed by atoms with Crippen molar-refractivity contribution in [2.75, 3.05) is 12.4 Å². The van der Waals surface area contributed by atoms with E-state index in [1.54, 1.807) is 6.07 Å². The molecule has 0 aliphatic rings. The van der Waals surface area contributed by atoms with Gasteiger partial charge in [-0.05, 0) is 42.0 Å². The summed E-state index contributed by atoms with van der Waals surface area (Å²) in [6.07, 6.45) is 0. The third-order valence-electron chi connectivity index (χ3n) is 3.18. The predicted octanol–water partition coefficient (Wildman–Crippen LogP) is 4.26. The van der Waals surface area contributed by atoms with Gasteiger partial charge >= 0.3 is 5.63 Å². The van der Waals surface area contributed by atoms with E-state index in [1.165, 1.54) is 0 Å². The maximum absolute atomic E-state index is 12.1. The fourth-order valence-corrected chi connectivity index (χ4v) is 2.49. The van der Waals surface area contributed by atoms with Crippen molar-refractivity contribution in [1.29, 1.82) is 0 Å². The highest BCUT2D eigenvalue weighted by Crippen LogP contribution is 2.24. The van der Waals surface area contributed by atoms with Gasteiger partial charge in [0.2, 0.25) is 0 Å². The van der Waals surface area contributed by atoms with Gasteiger partial charge in [-0.15, -0.1) is 0 Å². The van der Waals surface area contributed by atoms with E-state index < -0.39 is 0 Å². The van der Waals surface area contributed by atoms with Crippen LogP contribution < -0.4 is 10.9 Å². The van der Waals surface area contributed by atoms with Crippen molar-refractivity contribution in [2.45, 2.75) is 0 Å². The summed E-state index contributed by atoms with van der Waals surface area (Å²) >= 11 is 3.42. The zero-order valence-corrected chi connectivity index (χ0v) is 12.4. The predicted molar refractivity (Wildman–Crippen MR) is 85.2 cm³/mol. The quantitative estimate of drug-likeness (QED) is 0.714. The van der Waals surface area contributed by atoms with Gasteiger partial charge in [-0.2, -0.15) is 0 Å². The van der Waals surface area contributed by atoms with E-state index in [-0.39, 0.29) is 5.63 Å². The monoisotopic (exact) mass is 329 g/mol. The third kappa shape index (κ3) is 2.34. The summed E-state index contributed by atoms with van der Waals surface area (Å²) in [4.78, 5) is 12.1. The molecule has 100 valence electrons. The van der Waals surface area contributed by atoms with Crippen molar-refractivity contribution in [3.05, 3.63) is 63.4 Å². The van der Waals surface area contributed by atoms with Crippen LogP contribution in [0.4, 0.5) is 5.69 Å². The van der Waals surface area contributed by atoms with Crippen molar-refractivity contribution in [1.82, 2.24) is 0 Å². The molecule has 0 aliphatic carbocycles. The first-order valence-corrected chi connectivity index (χ1v) is 6.98. The smallest absolute Gasteiger partial charge is 0.344 e. The molecule has 0 fully saturated rings. The molecule has 1 aromatic heterocycles. The maximum Gasteiger partial charge on any atom is 0.344 e. The van der Waals surface area contributed by atoms with Gasteiger partial charge in [0.15, 0.2) is 0 Å². The van der Waals surface area contributed by atoms with Gasteiger partial charge in [0.1, 0.15) is 5.58 Å². The van der Waals surface area contributed by atoms with Gasteiger partial charge < -0.3 is 9.73 Å². The molecular weight excluding hydrogens is 318 g/mol. The highest BCUT2D eigenvalue weighted by atomic mass is 79.9. The number of hydrogen-bond donors (Lipinski definition) is 1. The molecule has 3 aromatic rings. The Morgan fingerprint density at radius 3 is 2.50 bits per heavy atom. The summed E-state index contributed by atoms with van der Waals surface area (Å²) in [5, 5.41) is 3.94. The normalized spacial score (nSPS) is 10.7. The summed E-state index contributed by atoms with van der Waals surface area (Å²) in [6.45, 7) is 0. The molecule has 0 aliphatic heterocycles. The topological polar surface area (TPSA) is 42.2 Å². The molecule has 0 spiro atoms. The number of rotatable bonds is 2. The number of anilines is 1. The van der Waals surface area contributed by atoms with Crippen LogP contribution in [-0.2, 0) is 0 Å². The average molecular weight is 330 g/mol. The molecule has 1 heterocycles. The van der Waals surface area contributed by atoms with Crippen LogP contribution in [0.25, 0.3) is 22.1 Å². The number of halogens is 1. The molecule has 3 rings (SSSR count). The zero-order valence-electron chi connectivity index (χ0n) is 10.8. The van der Waals surface area contributed by atoms with Gasteiger partial charge in [-0.25, -0.2) is 4.79 Å². The number of benzene rings is 2. The standard InChI is InChI=1S/C16H12BrNO2/c1-18-13-5-2-10(3-6-13)14-9-11-8-12(17)4-7-15(11)20-16(14)19/h2-9,18H,1H3. The second-order valence-corrected chi connectivity index (χ2v) is 5.37. The second-order valence-electron chi connectivity index (χ2n) is 4.46. The van der Waals surface area contributed by atoms with Crippen LogP contribution in [0.5, 0.6) is 0 Å². The summed E-state index contributed by atoms with van der Waals surface area (Å²) in [5.74, 6) is 0. The highest BCUT2D eigenvalue weighted by Gasteiger charge is 2.08. The first-order chi connectivity index (χ1) is 9.67. The second kappa shape index (κ2) is 5.13. The van der Waals surface area contributed by atoms with Crippen molar-refractivity contribution in [2.24, 2.45) is 0 Å². The first-order valence-electron chi connectivity index (χ1n) is 6.19. The Balaban J connectivity index is 2.19. The number of hydrogen-bond acceptors (Lipinski definition) is 3. The van der Waals surface area contributed by atoms with E-state index in [1.807, 2.05) is 49.5 Å². The Morgan fingerprint density at radius 2 is 1.80 bits per heavy atom. The van der Waals surface area contributed by atoms with Crippen molar-refractivity contribution < 1.29 is 4.42 Å². The van der Waals surface area contributed by atoms with Crippen molar-refractivity contribution in [3.63, 3.8) is 0 Å². The van der Waals surface area contributed by atoms with Crippen LogP contribution >= 0.6 is 15.9 Å². The largest absolute Gasteiger partial charge is 0.422 e. The van der Waals surface area contributed by atoms with E-state index in [4.69, 9.17) is 4.42 Å². The molecule has 0 amide bonds. The van der Waals surface area contributed by atoms with Crippen LogP contribution in [0.1, 0.15) is 0 Å². The van der Waals surface area contributed by atoms with Crippen molar-refractivity contribution >= 4 is 32.6 Å². The minimum atomic E-state index is -0.322. The Bertz CT molecular complexity index is 822. The molecular formula is C16H12BrNO2. The molecule has 4 heteroatoms. The summed E-state index contributed by atoms with van der Waals surface area (Å²) in [7, 11) is 1.86. The van der Waals surface area contributed by atoms with Crippen LogP contribution in [-0.4, -0.2) is 7.05 Å². The number of nitrogens with one attached hydrogen (secondary N) is 1. The Labute approximate surface area is 124 Å². The van der Waals surface area contributed by atoms with E-state index in [0.29, 0.717) is 11.1 Å². The summed E-state index contributed by atoms with van der Waals surface area (Å²) < 4.78 is 6.32. The van der Waals surface area contributed by atoms with Crippen LogP contribution in [0.2, 0.25) is 0 Å². The molecule has 3 nitrogen and oxygen atoms in total. The first kappa shape index (κ1) is 12.9. The fourth-order valence-electron chi connectivity index (χ4n) is 2.11. The van der Waals surface area contributed by atoms with E-state index >= 15 is 0 Å². The molecule has 0 saturated heterocycles. The van der Waals surface area contributed by atoms with Gasteiger partial charge in [0.05, 0.1) is 5.56 Å². The third-order valence-corrected chi connectivity index (χ3v) is 3.67. The fraction of sp³-hybridized carbons (Fsp3) is 0.0625. The lowest BCUT2D eigenvalue weighted by atomic mass is 10.1. The summed E-state index contributed by atoms with van der Waals surface area (Å²) in [5.41, 5.74) is 2.69. The highest BCUT2D eigenvalue weighted by molar-refractivity contribution is 9.10. The van der Waals surface area contributed by atoms with Crippen LogP contribution in [0.15, 0.2) is 62.2 Å². The Hall–Kier alpha value is -2.07. The van der Waals surface area contributed by atoms with E-state index in [9.17, 15) is 4.79 Å². The lowest BCUT2D eigenvalue weighted by molar-refractivity contribution is 0.563. The lowest BCUT2D eigenvalue weighted by Gasteiger charge is -2.04. The Morgan fingerprint density at radius 1 is 1.05 bits per heavy atom.